The summed E-state index contributed by atoms with van der Waals surface area (Å²) in [4.78, 5) is 28.2. The molecule has 0 spiro atoms. The van der Waals surface area contributed by atoms with Gasteiger partial charge in [0.15, 0.2) is 0 Å². The highest BCUT2D eigenvalue weighted by atomic mass is 32.1. The van der Waals surface area contributed by atoms with E-state index >= 15 is 0 Å². The Bertz CT molecular complexity index is 1090. The van der Waals surface area contributed by atoms with Gasteiger partial charge in [-0.05, 0) is 61.9 Å². The maximum absolute atomic E-state index is 12.7. The van der Waals surface area contributed by atoms with Crippen molar-refractivity contribution >= 4 is 28.9 Å². The average Bonchev–Trinajstić information content (AvgIpc) is 3.61. The van der Waals surface area contributed by atoms with Crippen LogP contribution in [0.5, 0.6) is 0 Å². The van der Waals surface area contributed by atoms with Gasteiger partial charge in [-0.25, -0.2) is 4.79 Å². The molecule has 0 aliphatic carbocycles. The summed E-state index contributed by atoms with van der Waals surface area (Å²) < 4.78 is 5.04. The van der Waals surface area contributed by atoms with E-state index in [1.165, 1.54) is 11.3 Å². The number of hydrogen-bond donors (Lipinski definition) is 6. The Kier molecular flexibility index (Phi) is 13.2. The average molecular weight is 594 g/mol. The molecule has 5 unspecified atom stereocenters. The third kappa shape index (κ3) is 9.31. The lowest BCUT2D eigenvalue weighted by Gasteiger charge is -2.25. The number of hydrogen-bond acceptors (Lipinski definition) is 10. The molecule has 1 aromatic carbocycles. The fourth-order valence-corrected chi connectivity index (χ4v) is 5.95. The number of amides is 1. The third-order valence-electron chi connectivity index (χ3n) is 7.50. The highest BCUT2D eigenvalue weighted by Gasteiger charge is 2.32. The Balaban J connectivity index is 1.47. The quantitative estimate of drug-likeness (QED) is 0.119. The van der Waals surface area contributed by atoms with Crippen molar-refractivity contribution in [3.63, 3.8) is 0 Å². The Morgan fingerprint density at radius 2 is 1.71 bits per heavy atom. The maximum Gasteiger partial charge on any atom is 0.348 e. The molecule has 0 bridgehead atoms. The minimum absolute atomic E-state index is 0.0832. The van der Waals surface area contributed by atoms with Crippen LogP contribution in [-0.4, -0.2) is 86.2 Å². The highest BCUT2D eigenvalue weighted by Crippen LogP contribution is 2.31. The molecular formula is C30H43NO9S. The largest absolute Gasteiger partial charge is 0.459 e. The molecule has 11 heteroatoms. The first-order valence-corrected chi connectivity index (χ1v) is 15.2. The van der Waals surface area contributed by atoms with E-state index in [0.29, 0.717) is 17.7 Å². The zero-order valence-electron chi connectivity index (χ0n) is 23.5. The van der Waals surface area contributed by atoms with Crippen LogP contribution in [0, 0.1) is 0 Å². The number of thiophene rings is 1. The van der Waals surface area contributed by atoms with E-state index in [9.17, 15) is 35.1 Å². The van der Waals surface area contributed by atoms with Crippen LogP contribution >= 0.6 is 11.3 Å². The molecule has 1 aromatic heterocycles. The van der Waals surface area contributed by atoms with Gasteiger partial charge in [0.2, 0.25) is 5.91 Å². The molecule has 41 heavy (non-hydrogen) atoms. The lowest BCUT2D eigenvalue weighted by atomic mass is 10.0. The Hall–Kier alpha value is -2.38. The number of esters is 1. The fourth-order valence-electron chi connectivity index (χ4n) is 5.01. The molecule has 1 aliphatic rings. The number of aryl methyl sites for hydroxylation is 1. The molecule has 0 saturated carbocycles. The van der Waals surface area contributed by atoms with Crippen LogP contribution < -0.4 is 4.90 Å². The van der Waals surface area contributed by atoms with Gasteiger partial charge in [0.25, 0.3) is 0 Å². The summed E-state index contributed by atoms with van der Waals surface area (Å²) in [6, 6.07) is 11.2. The van der Waals surface area contributed by atoms with Crippen LogP contribution in [0.25, 0.3) is 0 Å². The lowest BCUT2D eigenvalue weighted by Crippen LogP contribution is -2.47. The molecule has 0 radical (unpaired) electrons. The van der Waals surface area contributed by atoms with Crippen molar-refractivity contribution in [3.05, 3.63) is 51.7 Å². The van der Waals surface area contributed by atoms with Crippen molar-refractivity contribution in [3.8, 4) is 0 Å². The van der Waals surface area contributed by atoms with Crippen molar-refractivity contribution in [1.29, 1.82) is 0 Å². The molecule has 2 heterocycles. The summed E-state index contributed by atoms with van der Waals surface area (Å²) in [6.07, 6.45) is 0.152. The number of unbranched alkanes of at least 4 members (excludes halogenated alkanes) is 2. The topological polar surface area (TPSA) is 168 Å². The molecule has 6 N–H and O–H groups in total. The number of aliphatic hydroxyl groups excluding tert-OH is 6. The first-order valence-electron chi connectivity index (χ1n) is 14.3. The molecule has 2 aromatic rings. The Morgan fingerprint density at radius 3 is 2.39 bits per heavy atom. The van der Waals surface area contributed by atoms with Gasteiger partial charge in [0, 0.05) is 23.0 Å². The van der Waals surface area contributed by atoms with Gasteiger partial charge in [-0.1, -0.05) is 38.3 Å². The summed E-state index contributed by atoms with van der Waals surface area (Å²) in [5.74, 6) is -0.589. The molecular weight excluding hydrogens is 550 g/mol. The zero-order chi connectivity index (χ0) is 29.9. The minimum atomic E-state index is -1.80. The minimum Gasteiger partial charge on any atom is -0.459 e. The van der Waals surface area contributed by atoms with Gasteiger partial charge in [0.05, 0.1) is 12.7 Å². The van der Waals surface area contributed by atoms with Crippen molar-refractivity contribution in [2.75, 3.05) is 18.1 Å². The van der Waals surface area contributed by atoms with E-state index in [2.05, 4.69) is 6.92 Å². The molecule has 1 saturated heterocycles. The standard InChI is InChI=1S/C30H43NO9S/c1-2-3-4-8-23(33)19-9-11-21(12-10-19)31-20(13-16-27(31)36)6-5-7-22-14-15-26(41-22)30(39)40-18-25(35)29(38)28(37)24(34)17-32/h9-12,14-15,20,23-25,28-29,32-35,37-38H,2-8,13,16-18H2,1H3/t20-,23?,24?,25?,28?,29?/m0/s1. The monoisotopic (exact) mass is 593 g/mol. The number of carbonyl (C=O) groups is 2. The second-order valence-electron chi connectivity index (χ2n) is 10.6. The van der Waals surface area contributed by atoms with Crippen LogP contribution in [0.1, 0.15) is 84.5 Å². The lowest BCUT2D eigenvalue weighted by molar-refractivity contribution is -0.124. The predicted octanol–water partition coefficient (Wildman–Crippen LogP) is 2.47. The van der Waals surface area contributed by atoms with Crippen LogP contribution in [0.15, 0.2) is 36.4 Å². The third-order valence-corrected chi connectivity index (χ3v) is 8.62. The van der Waals surface area contributed by atoms with Crippen LogP contribution in [0.4, 0.5) is 5.69 Å². The molecule has 1 fully saturated rings. The summed E-state index contributed by atoms with van der Waals surface area (Å²) in [5.41, 5.74) is 1.71. The highest BCUT2D eigenvalue weighted by molar-refractivity contribution is 7.13. The van der Waals surface area contributed by atoms with E-state index < -0.39 is 49.7 Å². The van der Waals surface area contributed by atoms with Crippen molar-refractivity contribution in [2.45, 2.75) is 101 Å². The van der Waals surface area contributed by atoms with Gasteiger partial charge in [0.1, 0.15) is 35.9 Å². The Morgan fingerprint density at radius 1 is 1.00 bits per heavy atom. The van der Waals surface area contributed by atoms with Crippen molar-refractivity contribution < 1.29 is 45.0 Å². The number of nitrogens with zero attached hydrogens (tertiary/aromatic N) is 1. The zero-order valence-corrected chi connectivity index (χ0v) is 24.3. The van der Waals surface area contributed by atoms with Gasteiger partial charge in [-0.15, -0.1) is 11.3 Å². The summed E-state index contributed by atoms with van der Waals surface area (Å²) in [7, 11) is 0. The van der Waals surface area contributed by atoms with Crippen molar-refractivity contribution in [1.82, 2.24) is 0 Å². The molecule has 3 rings (SSSR count). The van der Waals surface area contributed by atoms with Crippen LogP contribution in [0.2, 0.25) is 0 Å². The van der Waals surface area contributed by atoms with Gasteiger partial charge < -0.3 is 40.3 Å². The summed E-state index contributed by atoms with van der Waals surface area (Å²) in [6.45, 7) is 0.745. The SMILES string of the molecule is CCCCCC(O)c1ccc(N2C(=O)CC[C@@H]2CCCc2ccc(C(=O)OCC(O)C(O)C(O)C(O)CO)s2)cc1. The number of carbonyl (C=O) groups excluding carboxylic acids is 2. The smallest absolute Gasteiger partial charge is 0.348 e. The molecule has 10 nitrogen and oxygen atoms in total. The normalized spacial score (nSPS) is 19.1. The van der Waals surface area contributed by atoms with E-state index in [1.807, 2.05) is 35.2 Å². The van der Waals surface area contributed by atoms with E-state index in [1.54, 1.807) is 6.07 Å². The Labute approximate surface area is 244 Å². The van der Waals surface area contributed by atoms with Crippen molar-refractivity contribution in [2.24, 2.45) is 0 Å². The maximum atomic E-state index is 12.7. The van der Waals surface area contributed by atoms with Gasteiger partial charge in [-0.3, -0.25) is 4.79 Å². The summed E-state index contributed by atoms with van der Waals surface area (Å²) >= 11 is 1.26. The van der Waals surface area contributed by atoms with E-state index in [0.717, 1.165) is 61.1 Å². The number of rotatable bonds is 17. The van der Waals surface area contributed by atoms with Gasteiger partial charge >= 0.3 is 5.97 Å². The van der Waals surface area contributed by atoms with E-state index in [-0.39, 0.29) is 11.9 Å². The first kappa shape index (κ1) is 33.1. The van der Waals surface area contributed by atoms with Crippen LogP contribution in [-0.2, 0) is 16.0 Å². The van der Waals surface area contributed by atoms with E-state index in [4.69, 9.17) is 9.84 Å². The predicted molar refractivity (Wildman–Crippen MR) is 155 cm³/mol. The summed E-state index contributed by atoms with van der Waals surface area (Å²) in [5, 5.41) is 58.1. The first-order chi connectivity index (χ1) is 19.7. The van der Waals surface area contributed by atoms with Gasteiger partial charge in [-0.2, -0.15) is 0 Å². The number of aliphatic hydroxyl groups is 6. The second-order valence-corrected chi connectivity index (χ2v) is 11.8. The number of anilines is 1. The van der Waals surface area contributed by atoms with Crippen LogP contribution in [0.3, 0.4) is 0 Å². The molecule has 6 atom stereocenters. The molecule has 1 amide bonds. The number of ether oxygens (including phenoxy) is 1. The fraction of sp³-hybridized carbons (Fsp3) is 0.600. The second kappa shape index (κ2) is 16.3. The molecule has 228 valence electrons. The number of benzene rings is 1. The molecule has 1 aliphatic heterocycles.